The number of rotatable bonds is 6. The van der Waals surface area contributed by atoms with Gasteiger partial charge in [-0.25, -0.2) is 8.78 Å². The minimum Gasteiger partial charge on any atom is -0.369 e. The molecule has 1 heterocycles. The maximum Gasteiger partial charge on any atom is 0.255 e. The molecule has 94 valence electrons. The zero-order chi connectivity index (χ0) is 12.3. The molecule has 1 aromatic heterocycles. The van der Waals surface area contributed by atoms with E-state index in [1.165, 1.54) is 12.8 Å². The Bertz CT molecular complexity index is 367. The summed E-state index contributed by atoms with van der Waals surface area (Å²) in [5.41, 5.74) is 1.68. The van der Waals surface area contributed by atoms with Gasteiger partial charge in [-0.05, 0) is 25.0 Å². The van der Waals surface area contributed by atoms with Gasteiger partial charge in [0.15, 0.2) is 0 Å². The molecule has 0 bridgehead atoms. The molecule has 2 rings (SSSR count). The SMILES string of the molecule is CN(CC(F)F)c1ccnc(CNC2CC2)c1. The van der Waals surface area contributed by atoms with Crippen molar-refractivity contribution in [2.75, 3.05) is 18.5 Å². The number of hydrogen-bond donors (Lipinski definition) is 1. The molecule has 0 aliphatic heterocycles. The summed E-state index contributed by atoms with van der Waals surface area (Å²) in [6.45, 7) is 0.459. The Morgan fingerprint density at radius 2 is 2.29 bits per heavy atom. The number of halogens is 2. The van der Waals surface area contributed by atoms with E-state index in [0.717, 1.165) is 11.4 Å². The van der Waals surface area contributed by atoms with E-state index >= 15 is 0 Å². The highest BCUT2D eigenvalue weighted by Gasteiger charge is 2.20. The number of hydrogen-bond acceptors (Lipinski definition) is 3. The van der Waals surface area contributed by atoms with Crippen molar-refractivity contribution in [3.8, 4) is 0 Å². The summed E-state index contributed by atoms with van der Waals surface area (Å²) in [4.78, 5) is 5.77. The fourth-order valence-electron chi connectivity index (χ4n) is 1.65. The predicted molar refractivity (Wildman–Crippen MR) is 63.4 cm³/mol. The normalized spacial score (nSPS) is 15.3. The molecule has 0 aromatic carbocycles. The Morgan fingerprint density at radius 1 is 1.53 bits per heavy atom. The molecule has 0 spiro atoms. The molecule has 1 saturated carbocycles. The van der Waals surface area contributed by atoms with Crippen LogP contribution in [0.25, 0.3) is 0 Å². The summed E-state index contributed by atoms with van der Waals surface area (Å²) >= 11 is 0. The number of anilines is 1. The smallest absolute Gasteiger partial charge is 0.255 e. The Hall–Kier alpha value is -1.23. The fraction of sp³-hybridized carbons (Fsp3) is 0.583. The monoisotopic (exact) mass is 241 g/mol. The van der Waals surface area contributed by atoms with Gasteiger partial charge in [0.2, 0.25) is 0 Å². The maximum atomic E-state index is 12.3. The second-order valence-electron chi connectivity index (χ2n) is 4.43. The third-order valence-corrected chi connectivity index (χ3v) is 2.80. The summed E-state index contributed by atoms with van der Waals surface area (Å²) in [7, 11) is 1.67. The predicted octanol–water partition coefficient (Wildman–Crippen LogP) is 2.03. The first-order valence-electron chi connectivity index (χ1n) is 5.83. The van der Waals surface area contributed by atoms with Crippen LogP contribution in [0.15, 0.2) is 18.3 Å². The Labute approximate surface area is 99.8 Å². The van der Waals surface area contributed by atoms with Crippen LogP contribution in [0.1, 0.15) is 18.5 Å². The molecule has 0 unspecified atom stereocenters. The van der Waals surface area contributed by atoms with Crippen LogP contribution in [0.5, 0.6) is 0 Å². The summed E-state index contributed by atoms with van der Waals surface area (Å²) < 4.78 is 24.5. The first-order chi connectivity index (χ1) is 8.15. The van der Waals surface area contributed by atoms with Crippen molar-refractivity contribution in [3.05, 3.63) is 24.0 Å². The molecular formula is C12H17F2N3. The molecule has 1 aliphatic carbocycles. The highest BCUT2D eigenvalue weighted by atomic mass is 19.3. The maximum absolute atomic E-state index is 12.3. The molecule has 0 atom stereocenters. The van der Waals surface area contributed by atoms with Crippen molar-refractivity contribution in [2.24, 2.45) is 0 Å². The van der Waals surface area contributed by atoms with Gasteiger partial charge in [-0.2, -0.15) is 0 Å². The van der Waals surface area contributed by atoms with Crippen molar-refractivity contribution in [3.63, 3.8) is 0 Å². The molecular weight excluding hydrogens is 224 g/mol. The first-order valence-corrected chi connectivity index (χ1v) is 5.83. The van der Waals surface area contributed by atoms with E-state index in [0.29, 0.717) is 12.6 Å². The highest BCUT2D eigenvalue weighted by molar-refractivity contribution is 5.45. The second-order valence-corrected chi connectivity index (χ2v) is 4.43. The molecule has 0 radical (unpaired) electrons. The number of pyridine rings is 1. The first kappa shape index (κ1) is 12.2. The van der Waals surface area contributed by atoms with Gasteiger partial charge in [0.05, 0.1) is 12.2 Å². The van der Waals surface area contributed by atoms with Crippen LogP contribution in [0.4, 0.5) is 14.5 Å². The van der Waals surface area contributed by atoms with Crippen LogP contribution in [0.3, 0.4) is 0 Å². The van der Waals surface area contributed by atoms with Crippen molar-refractivity contribution in [1.82, 2.24) is 10.3 Å². The zero-order valence-corrected chi connectivity index (χ0v) is 9.87. The third kappa shape index (κ3) is 3.93. The molecule has 1 fully saturated rings. The summed E-state index contributed by atoms with van der Waals surface area (Å²) in [6, 6.07) is 4.24. The number of aromatic nitrogens is 1. The molecule has 1 aliphatic rings. The van der Waals surface area contributed by atoms with Crippen LogP contribution >= 0.6 is 0 Å². The van der Waals surface area contributed by atoms with Gasteiger partial charge in [-0.1, -0.05) is 0 Å². The molecule has 3 nitrogen and oxygen atoms in total. The van der Waals surface area contributed by atoms with Crippen LogP contribution in [0, 0.1) is 0 Å². The number of nitrogens with zero attached hydrogens (tertiary/aromatic N) is 2. The molecule has 17 heavy (non-hydrogen) atoms. The summed E-state index contributed by atoms with van der Waals surface area (Å²) in [6.07, 6.45) is 1.80. The number of alkyl halides is 2. The Kier molecular flexibility index (Phi) is 3.89. The molecule has 1 N–H and O–H groups in total. The molecule has 0 amide bonds. The van der Waals surface area contributed by atoms with Gasteiger partial charge < -0.3 is 10.2 Å². The standard InChI is InChI=1S/C12H17F2N3/c1-17(8-12(13)14)11-4-5-15-10(6-11)7-16-9-2-3-9/h4-6,9,12,16H,2-3,7-8H2,1H3. The van der Waals surface area contributed by atoms with Crippen molar-refractivity contribution < 1.29 is 8.78 Å². The van der Waals surface area contributed by atoms with E-state index in [-0.39, 0.29) is 6.54 Å². The lowest BCUT2D eigenvalue weighted by Gasteiger charge is -2.19. The van der Waals surface area contributed by atoms with Crippen LogP contribution in [-0.4, -0.2) is 31.0 Å². The van der Waals surface area contributed by atoms with E-state index in [2.05, 4.69) is 10.3 Å². The minimum absolute atomic E-state index is 0.250. The molecule has 1 aromatic rings. The lowest BCUT2D eigenvalue weighted by Crippen LogP contribution is -2.24. The van der Waals surface area contributed by atoms with Crippen LogP contribution < -0.4 is 10.2 Å². The van der Waals surface area contributed by atoms with E-state index in [4.69, 9.17) is 0 Å². The van der Waals surface area contributed by atoms with Gasteiger partial charge in [0.1, 0.15) is 0 Å². The molecule has 0 saturated heterocycles. The van der Waals surface area contributed by atoms with Gasteiger partial charge in [-0.15, -0.1) is 0 Å². The van der Waals surface area contributed by atoms with Crippen molar-refractivity contribution in [2.45, 2.75) is 31.9 Å². The molecule has 5 heteroatoms. The topological polar surface area (TPSA) is 28.2 Å². The van der Waals surface area contributed by atoms with Gasteiger partial charge in [0, 0.05) is 31.5 Å². The minimum atomic E-state index is -2.32. The zero-order valence-electron chi connectivity index (χ0n) is 9.87. The summed E-state index contributed by atoms with van der Waals surface area (Å²) in [5.74, 6) is 0. The van der Waals surface area contributed by atoms with E-state index in [1.54, 1.807) is 24.2 Å². The lowest BCUT2D eigenvalue weighted by atomic mass is 10.3. The van der Waals surface area contributed by atoms with Gasteiger partial charge >= 0.3 is 0 Å². The van der Waals surface area contributed by atoms with Crippen molar-refractivity contribution in [1.29, 1.82) is 0 Å². The average molecular weight is 241 g/mol. The van der Waals surface area contributed by atoms with Crippen LogP contribution in [0.2, 0.25) is 0 Å². The van der Waals surface area contributed by atoms with E-state index in [9.17, 15) is 8.78 Å². The average Bonchev–Trinajstić information content (AvgIpc) is 3.10. The lowest BCUT2D eigenvalue weighted by molar-refractivity contribution is 0.156. The van der Waals surface area contributed by atoms with Crippen molar-refractivity contribution >= 4 is 5.69 Å². The third-order valence-electron chi connectivity index (χ3n) is 2.80. The Balaban J connectivity index is 1.94. The highest BCUT2D eigenvalue weighted by Crippen LogP contribution is 2.20. The van der Waals surface area contributed by atoms with E-state index in [1.807, 2.05) is 6.07 Å². The summed E-state index contributed by atoms with van der Waals surface area (Å²) in [5, 5.41) is 3.35. The quantitative estimate of drug-likeness (QED) is 0.826. The second kappa shape index (κ2) is 5.40. The number of nitrogens with one attached hydrogen (secondary N) is 1. The van der Waals surface area contributed by atoms with E-state index < -0.39 is 6.43 Å². The van der Waals surface area contributed by atoms with Gasteiger partial charge in [0.25, 0.3) is 6.43 Å². The van der Waals surface area contributed by atoms with Gasteiger partial charge in [-0.3, -0.25) is 4.98 Å². The fourth-order valence-corrected chi connectivity index (χ4v) is 1.65. The Morgan fingerprint density at radius 3 is 2.94 bits per heavy atom. The van der Waals surface area contributed by atoms with Crippen LogP contribution in [-0.2, 0) is 6.54 Å². The largest absolute Gasteiger partial charge is 0.369 e.